The molecule has 0 aliphatic carbocycles. The van der Waals surface area contributed by atoms with Crippen LogP contribution in [-0.2, 0) is 4.79 Å². The third-order valence-electron chi connectivity index (χ3n) is 4.66. The molecule has 1 N–H and O–H groups in total. The maximum absolute atomic E-state index is 13.0. The molecule has 2 aliphatic rings. The Hall–Kier alpha value is -1.55. The second-order valence-corrected chi connectivity index (χ2v) is 5.79. The van der Waals surface area contributed by atoms with Crippen molar-refractivity contribution in [1.29, 1.82) is 0 Å². The van der Waals surface area contributed by atoms with E-state index in [1.54, 1.807) is 7.11 Å². The minimum absolute atomic E-state index is 0.132. The molecule has 2 aliphatic heterocycles. The Balaban J connectivity index is 1.87. The van der Waals surface area contributed by atoms with E-state index >= 15 is 0 Å². The number of amides is 1. The molecule has 0 atom stereocenters. The van der Waals surface area contributed by atoms with E-state index in [4.69, 9.17) is 4.74 Å². The highest BCUT2D eigenvalue weighted by Crippen LogP contribution is 2.41. The lowest BCUT2D eigenvalue weighted by Crippen LogP contribution is -2.53. The number of nitrogens with zero attached hydrogens (tertiary/aromatic N) is 1. The minimum Gasteiger partial charge on any atom is -0.497 e. The Morgan fingerprint density at radius 3 is 2.80 bits per heavy atom. The lowest BCUT2D eigenvalue weighted by Gasteiger charge is -2.44. The van der Waals surface area contributed by atoms with Crippen molar-refractivity contribution in [3.05, 3.63) is 24.3 Å². The van der Waals surface area contributed by atoms with Crippen molar-refractivity contribution >= 4 is 11.6 Å². The standard InChI is InChI=1S/C16H22N2O2/c1-20-14-5-2-4-13(12-14)18-11-3-6-16(15(18)19)7-9-17-10-8-16/h2,4-5,12,17H,3,6-11H2,1H3. The third kappa shape index (κ3) is 2.29. The number of piperidine rings is 2. The molecule has 1 aromatic carbocycles. The Kier molecular flexibility index (Phi) is 3.66. The van der Waals surface area contributed by atoms with Crippen molar-refractivity contribution in [3.63, 3.8) is 0 Å². The first kappa shape index (κ1) is 13.4. The Morgan fingerprint density at radius 2 is 2.05 bits per heavy atom. The lowest BCUT2D eigenvalue weighted by atomic mass is 9.72. The van der Waals surface area contributed by atoms with Crippen LogP contribution in [0.1, 0.15) is 25.7 Å². The number of rotatable bonds is 2. The summed E-state index contributed by atoms with van der Waals surface area (Å²) >= 11 is 0. The van der Waals surface area contributed by atoms with Gasteiger partial charge in [-0.05, 0) is 50.9 Å². The van der Waals surface area contributed by atoms with Crippen molar-refractivity contribution in [2.75, 3.05) is 31.6 Å². The number of ether oxygens (including phenoxy) is 1. The van der Waals surface area contributed by atoms with Crippen LogP contribution < -0.4 is 15.0 Å². The van der Waals surface area contributed by atoms with Crippen LogP contribution in [0.25, 0.3) is 0 Å². The number of methoxy groups -OCH3 is 1. The maximum atomic E-state index is 13.0. The largest absolute Gasteiger partial charge is 0.497 e. The Bertz CT molecular complexity index is 489. The molecule has 1 spiro atoms. The summed E-state index contributed by atoms with van der Waals surface area (Å²) in [6.45, 7) is 2.73. The van der Waals surface area contributed by atoms with Crippen LogP contribution in [0.15, 0.2) is 24.3 Å². The van der Waals surface area contributed by atoms with Crippen LogP contribution in [0.4, 0.5) is 5.69 Å². The first-order valence-electron chi connectivity index (χ1n) is 7.42. The highest BCUT2D eigenvalue weighted by Gasteiger charge is 2.44. The summed E-state index contributed by atoms with van der Waals surface area (Å²) in [7, 11) is 1.66. The van der Waals surface area contributed by atoms with Crippen molar-refractivity contribution < 1.29 is 9.53 Å². The summed E-state index contributed by atoms with van der Waals surface area (Å²) in [5.41, 5.74) is 0.832. The highest BCUT2D eigenvalue weighted by molar-refractivity contribution is 5.98. The zero-order chi connectivity index (χ0) is 14.0. The topological polar surface area (TPSA) is 41.6 Å². The van der Waals surface area contributed by atoms with Crippen LogP contribution >= 0.6 is 0 Å². The second kappa shape index (κ2) is 5.44. The van der Waals surface area contributed by atoms with E-state index in [-0.39, 0.29) is 5.41 Å². The molecular formula is C16H22N2O2. The van der Waals surface area contributed by atoms with Gasteiger partial charge in [-0.3, -0.25) is 4.79 Å². The molecule has 0 unspecified atom stereocenters. The smallest absolute Gasteiger partial charge is 0.233 e. The predicted octanol–water partition coefficient (Wildman–Crippen LogP) is 2.19. The summed E-state index contributed by atoms with van der Waals surface area (Å²) < 4.78 is 5.27. The molecule has 4 heteroatoms. The molecule has 2 fully saturated rings. The fourth-order valence-corrected chi connectivity index (χ4v) is 3.46. The van der Waals surface area contributed by atoms with E-state index in [0.29, 0.717) is 5.91 Å². The van der Waals surface area contributed by atoms with Crippen molar-refractivity contribution in [2.45, 2.75) is 25.7 Å². The number of carbonyl (C=O) groups excluding carboxylic acids is 1. The van der Waals surface area contributed by atoms with E-state index in [9.17, 15) is 4.79 Å². The van der Waals surface area contributed by atoms with E-state index in [2.05, 4.69) is 5.32 Å². The summed E-state index contributed by atoms with van der Waals surface area (Å²) in [6.07, 6.45) is 4.05. The van der Waals surface area contributed by atoms with Gasteiger partial charge in [0.15, 0.2) is 0 Å². The van der Waals surface area contributed by atoms with E-state index in [1.807, 2.05) is 29.2 Å². The van der Waals surface area contributed by atoms with Gasteiger partial charge in [0.2, 0.25) is 5.91 Å². The monoisotopic (exact) mass is 274 g/mol. The van der Waals surface area contributed by atoms with Gasteiger partial charge in [-0.2, -0.15) is 0 Å². The van der Waals surface area contributed by atoms with Gasteiger partial charge in [-0.15, -0.1) is 0 Å². The van der Waals surface area contributed by atoms with Gasteiger partial charge in [-0.25, -0.2) is 0 Å². The molecule has 2 saturated heterocycles. The fraction of sp³-hybridized carbons (Fsp3) is 0.562. The molecule has 0 saturated carbocycles. The number of hydrogen-bond acceptors (Lipinski definition) is 3. The van der Waals surface area contributed by atoms with Gasteiger partial charge in [0.25, 0.3) is 0 Å². The van der Waals surface area contributed by atoms with Crippen LogP contribution in [0, 0.1) is 5.41 Å². The van der Waals surface area contributed by atoms with Crippen molar-refractivity contribution in [3.8, 4) is 5.75 Å². The van der Waals surface area contributed by atoms with Crippen molar-refractivity contribution in [2.24, 2.45) is 5.41 Å². The number of anilines is 1. The lowest BCUT2D eigenvalue weighted by molar-refractivity contribution is -0.132. The molecule has 2 heterocycles. The molecule has 0 radical (unpaired) electrons. The molecule has 20 heavy (non-hydrogen) atoms. The average Bonchev–Trinajstić information content (AvgIpc) is 2.51. The zero-order valence-corrected chi connectivity index (χ0v) is 12.0. The molecular weight excluding hydrogens is 252 g/mol. The Labute approximate surface area is 120 Å². The normalized spacial score (nSPS) is 22.1. The van der Waals surface area contributed by atoms with Crippen LogP contribution in [0.5, 0.6) is 5.75 Å². The summed E-state index contributed by atoms with van der Waals surface area (Å²) in [5, 5.41) is 3.36. The molecule has 3 rings (SSSR count). The quantitative estimate of drug-likeness (QED) is 0.899. The van der Waals surface area contributed by atoms with E-state index < -0.39 is 0 Å². The number of nitrogens with one attached hydrogen (secondary N) is 1. The Morgan fingerprint density at radius 1 is 1.25 bits per heavy atom. The fourth-order valence-electron chi connectivity index (χ4n) is 3.46. The second-order valence-electron chi connectivity index (χ2n) is 5.79. The van der Waals surface area contributed by atoms with Gasteiger partial charge < -0.3 is 15.0 Å². The predicted molar refractivity (Wildman–Crippen MR) is 79.1 cm³/mol. The van der Waals surface area contributed by atoms with Gasteiger partial charge >= 0.3 is 0 Å². The molecule has 0 aromatic heterocycles. The molecule has 108 valence electrons. The van der Waals surface area contributed by atoms with Gasteiger partial charge in [0, 0.05) is 18.3 Å². The SMILES string of the molecule is COc1cccc(N2CCCC3(CCNCC3)C2=O)c1. The van der Waals surface area contributed by atoms with E-state index in [1.165, 1.54) is 0 Å². The zero-order valence-electron chi connectivity index (χ0n) is 12.0. The summed E-state index contributed by atoms with van der Waals surface area (Å²) in [5.74, 6) is 1.11. The molecule has 1 aromatic rings. The average molecular weight is 274 g/mol. The van der Waals surface area contributed by atoms with Gasteiger partial charge in [-0.1, -0.05) is 6.07 Å². The summed E-state index contributed by atoms with van der Waals surface area (Å²) in [4.78, 5) is 14.9. The number of carbonyl (C=O) groups is 1. The van der Waals surface area contributed by atoms with E-state index in [0.717, 1.165) is 56.8 Å². The first-order chi connectivity index (χ1) is 9.75. The van der Waals surface area contributed by atoms with Crippen LogP contribution in [-0.4, -0.2) is 32.7 Å². The molecule has 1 amide bonds. The van der Waals surface area contributed by atoms with Gasteiger partial charge in [0.05, 0.1) is 12.5 Å². The first-order valence-corrected chi connectivity index (χ1v) is 7.42. The summed E-state index contributed by atoms with van der Waals surface area (Å²) in [6, 6.07) is 7.82. The highest BCUT2D eigenvalue weighted by atomic mass is 16.5. The molecule has 4 nitrogen and oxygen atoms in total. The third-order valence-corrected chi connectivity index (χ3v) is 4.66. The molecule has 0 bridgehead atoms. The minimum atomic E-state index is -0.132. The maximum Gasteiger partial charge on any atom is 0.233 e. The van der Waals surface area contributed by atoms with Gasteiger partial charge in [0.1, 0.15) is 5.75 Å². The van der Waals surface area contributed by atoms with Crippen LogP contribution in [0.2, 0.25) is 0 Å². The van der Waals surface area contributed by atoms with Crippen LogP contribution in [0.3, 0.4) is 0 Å². The number of hydrogen-bond donors (Lipinski definition) is 1. The number of benzene rings is 1. The van der Waals surface area contributed by atoms with Crippen molar-refractivity contribution in [1.82, 2.24) is 5.32 Å².